The number of benzene rings is 2. The summed E-state index contributed by atoms with van der Waals surface area (Å²) >= 11 is 0. The number of piperidine rings is 1. The summed E-state index contributed by atoms with van der Waals surface area (Å²) in [7, 11) is 0. The standard InChI is InChI=1S/C22H27FN4/c23-20-9-5-4-8-18(20)19-14-21(19)26-22(24)25-17-10-12-27(13-11-17)15-16-6-2-1-3-7-16/h1-9,17,19,21H,10-15H2,(H3,24,25,26)/t19-,21+/m0/s1. The molecule has 2 atom stereocenters. The van der Waals surface area contributed by atoms with Crippen molar-refractivity contribution in [2.75, 3.05) is 13.1 Å². The van der Waals surface area contributed by atoms with E-state index in [1.165, 1.54) is 11.6 Å². The monoisotopic (exact) mass is 366 g/mol. The van der Waals surface area contributed by atoms with Crippen molar-refractivity contribution in [3.05, 3.63) is 71.5 Å². The highest BCUT2D eigenvalue weighted by atomic mass is 19.1. The second-order valence-electron chi connectivity index (χ2n) is 7.63. The number of nitrogens with two attached hydrogens (primary N) is 1. The normalized spacial score (nSPS) is 24.0. The van der Waals surface area contributed by atoms with Gasteiger partial charge in [0.05, 0.1) is 6.04 Å². The molecule has 5 heteroatoms. The molecular weight excluding hydrogens is 339 g/mol. The number of aliphatic imine (C=N–C) groups is 1. The summed E-state index contributed by atoms with van der Waals surface area (Å²) in [6.45, 7) is 3.12. The fraction of sp³-hybridized carbons (Fsp3) is 0.409. The Hall–Kier alpha value is -2.40. The Morgan fingerprint density at radius 2 is 1.78 bits per heavy atom. The minimum absolute atomic E-state index is 0.104. The Balaban J connectivity index is 1.23. The fourth-order valence-corrected chi connectivity index (χ4v) is 3.94. The Bertz CT molecular complexity index is 784. The van der Waals surface area contributed by atoms with Crippen LogP contribution in [0.2, 0.25) is 0 Å². The molecule has 0 amide bonds. The molecule has 142 valence electrons. The van der Waals surface area contributed by atoms with Crippen LogP contribution >= 0.6 is 0 Å². The molecule has 1 aliphatic heterocycles. The molecule has 2 aliphatic rings. The van der Waals surface area contributed by atoms with Crippen molar-refractivity contribution >= 4 is 5.96 Å². The van der Waals surface area contributed by atoms with E-state index in [0.29, 0.717) is 12.0 Å². The van der Waals surface area contributed by atoms with Gasteiger partial charge in [-0.05, 0) is 36.5 Å². The SMILES string of the molecule is NC(=N[C@@H]1C[C@H]1c1ccccc1F)NC1CCN(Cc2ccccc2)CC1. The maximum absolute atomic E-state index is 13.9. The highest BCUT2D eigenvalue weighted by Gasteiger charge is 2.40. The van der Waals surface area contributed by atoms with E-state index in [4.69, 9.17) is 5.73 Å². The Labute approximate surface area is 160 Å². The number of nitrogens with zero attached hydrogens (tertiary/aromatic N) is 2. The van der Waals surface area contributed by atoms with Crippen molar-refractivity contribution in [3.63, 3.8) is 0 Å². The summed E-state index contributed by atoms with van der Waals surface area (Å²) in [5.74, 6) is 0.525. The lowest BCUT2D eigenvalue weighted by atomic mass is 10.0. The molecule has 4 rings (SSSR count). The minimum atomic E-state index is -0.141. The van der Waals surface area contributed by atoms with Crippen molar-refractivity contribution in [1.82, 2.24) is 10.2 Å². The van der Waals surface area contributed by atoms with Crippen LogP contribution in [0, 0.1) is 5.82 Å². The molecule has 0 aromatic heterocycles. The van der Waals surface area contributed by atoms with Crippen molar-refractivity contribution in [2.24, 2.45) is 10.7 Å². The fourth-order valence-electron chi connectivity index (χ4n) is 3.94. The van der Waals surface area contributed by atoms with E-state index in [1.54, 1.807) is 6.07 Å². The van der Waals surface area contributed by atoms with E-state index in [0.717, 1.165) is 44.5 Å². The van der Waals surface area contributed by atoms with Crippen LogP contribution in [-0.2, 0) is 6.54 Å². The van der Waals surface area contributed by atoms with Gasteiger partial charge in [-0.25, -0.2) is 9.38 Å². The van der Waals surface area contributed by atoms with Crippen LogP contribution in [0.1, 0.15) is 36.3 Å². The van der Waals surface area contributed by atoms with Crippen LogP contribution in [0.5, 0.6) is 0 Å². The molecule has 2 aromatic rings. The van der Waals surface area contributed by atoms with E-state index in [1.807, 2.05) is 12.1 Å². The quantitative estimate of drug-likeness (QED) is 0.631. The average molecular weight is 366 g/mol. The van der Waals surface area contributed by atoms with E-state index in [9.17, 15) is 4.39 Å². The summed E-state index contributed by atoms with van der Waals surface area (Å²) in [6, 6.07) is 18.0. The molecule has 1 saturated carbocycles. The number of hydrogen-bond donors (Lipinski definition) is 2. The molecule has 0 radical (unpaired) electrons. The summed E-state index contributed by atoms with van der Waals surface area (Å²) in [5, 5.41) is 3.37. The molecule has 2 fully saturated rings. The van der Waals surface area contributed by atoms with E-state index in [-0.39, 0.29) is 17.8 Å². The number of halogens is 1. The summed E-state index contributed by atoms with van der Waals surface area (Å²) in [6.07, 6.45) is 2.99. The van der Waals surface area contributed by atoms with Gasteiger partial charge in [0, 0.05) is 31.6 Å². The number of hydrogen-bond acceptors (Lipinski definition) is 2. The second kappa shape index (κ2) is 8.09. The largest absolute Gasteiger partial charge is 0.370 e. The van der Waals surface area contributed by atoms with Crippen molar-refractivity contribution in [2.45, 2.75) is 43.8 Å². The van der Waals surface area contributed by atoms with Crippen molar-refractivity contribution in [3.8, 4) is 0 Å². The van der Waals surface area contributed by atoms with Crippen LogP contribution in [0.15, 0.2) is 59.6 Å². The van der Waals surface area contributed by atoms with Gasteiger partial charge >= 0.3 is 0 Å². The van der Waals surface area contributed by atoms with Crippen molar-refractivity contribution in [1.29, 1.82) is 0 Å². The van der Waals surface area contributed by atoms with Crippen LogP contribution in [0.4, 0.5) is 4.39 Å². The van der Waals surface area contributed by atoms with Gasteiger partial charge in [-0.15, -0.1) is 0 Å². The molecule has 0 spiro atoms. The highest BCUT2D eigenvalue weighted by molar-refractivity contribution is 5.78. The molecule has 1 heterocycles. The molecule has 1 saturated heterocycles. The number of nitrogens with one attached hydrogen (secondary N) is 1. The maximum Gasteiger partial charge on any atom is 0.189 e. The zero-order valence-electron chi connectivity index (χ0n) is 15.5. The molecule has 4 nitrogen and oxygen atoms in total. The summed E-state index contributed by atoms with van der Waals surface area (Å²) in [4.78, 5) is 7.05. The van der Waals surface area contributed by atoms with Crippen LogP contribution in [-0.4, -0.2) is 36.0 Å². The molecular formula is C22H27FN4. The molecule has 0 bridgehead atoms. The summed E-state index contributed by atoms with van der Waals surface area (Å²) < 4.78 is 13.9. The van der Waals surface area contributed by atoms with Crippen molar-refractivity contribution < 1.29 is 4.39 Å². The van der Waals surface area contributed by atoms with Gasteiger partial charge in [0.1, 0.15) is 5.82 Å². The van der Waals surface area contributed by atoms with Crippen LogP contribution < -0.4 is 11.1 Å². The number of rotatable bonds is 5. The first-order chi connectivity index (χ1) is 13.2. The molecule has 27 heavy (non-hydrogen) atoms. The highest BCUT2D eigenvalue weighted by Crippen LogP contribution is 2.44. The first kappa shape index (κ1) is 18.0. The Morgan fingerprint density at radius 3 is 2.52 bits per heavy atom. The van der Waals surface area contributed by atoms with Gasteiger partial charge < -0.3 is 11.1 Å². The predicted octanol–water partition coefficient (Wildman–Crippen LogP) is 3.25. The zero-order valence-corrected chi connectivity index (χ0v) is 15.5. The Morgan fingerprint density at radius 1 is 1.07 bits per heavy atom. The zero-order chi connectivity index (χ0) is 18.6. The lowest BCUT2D eigenvalue weighted by molar-refractivity contribution is 0.199. The number of likely N-dealkylation sites (tertiary alicyclic amines) is 1. The average Bonchev–Trinajstić information content (AvgIpc) is 3.43. The van der Waals surface area contributed by atoms with Gasteiger partial charge in [0.15, 0.2) is 5.96 Å². The van der Waals surface area contributed by atoms with Gasteiger partial charge in [-0.2, -0.15) is 0 Å². The lowest BCUT2D eigenvalue weighted by Crippen LogP contribution is -2.47. The molecule has 3 N–H and O–H groups in total. The first-order valence-corrected chi connectivity index (χ1v) is 9.79. The smallest absolute Gasteiger partial charge is 0.189 e. The van der Waals surface area contributed by atoms with Crippen LogP contribution in [0.3, 0.4) is 0 Å². The second-order valence-corrected chi connectivity index (χ2v) is 7.63. The Kier molecular flexibility index (Phi) is 5.39. The lowest BCUT2D eigenvalue weighted by Gasteiger charge is -2.32. The third kappa shape index (κ3) is 4.66. The van der Waals surface area contributed by atoms with E-state index in [2.05, 4.69) is 45.5 Å². The topological polar surface area (TPSA) is 53.6 Å². The summed E-state index contributed by atoms with van der Waals surface area (Å²) in [5.41, 5.74) is 8.23. The van der Waals surface area contributed by atoms with Gasteiger partial charge in [0.25, 0.3) is 0 Å². The molecule has 1 aliphatic carbocycles. The molecule has 2 aromatic carbocycles. The number of guanidine groups is 1. The maximum atomic E-state index is 13.9. The van der Waals surface area contributed by atoms with E-state index < -0.39 is 0 Å². The first-order valence-electron chi connectivity index (χ1n) is 9.79. The van der Waals surface area contributed by atoms with Gasteiger partial charge in [-0.3, -0.25) is 4.90 Å². The van der Waals surface area contributed by atoms with Gasteiger partial charge in [-0.1, -0.05) is 48.5 Å². The third-order valence-corrected chi connectivity index (χ3v) is 5.55. The van der Waals surface area contributed by atoms with Crippen LogP contribution in [0.25, 0.3) is 0 Å². The predicted molar refractivity (Wildman–Crippen MR) is 107 cm³/mol. The molecule has 0 unspecified atom stereocenters. The minimum Gasteiger partial charge on any atom is -0.370 e. The third-order valence-electron chi connectivity index (χ3n) is 5.55. The van der Waals surface area contributed by atoms with Gasteiger partial charge in [0.2, 0.25) is 0 Å². The van der Waals surface area contributed by atoms with E-state index >= 15 is 0 Å².